The Morgan fingerprint density at radius 3 is 0.829 bits per heavy atom. The van der Waals surface area contributed by atoms with E-state index in [1.165, 1.54) is 77.9 Å². The van der Waals surface area contributed by atoms with Crippen molar-refractivity contribution in [1.29, 1.82) is 0 Å². The van der Waals surface area contributed by atoms with Crippen LogP contribution in [-0.2, 0) is 70.1 Å². The molecule has 21 atom stereocenters. The third kappa shape index (κ3) is 23.9. The minimum Gasteiger partial charge on any atom is -0.463 e. The molecule has 6 heterocycles. The summed E-state index contributed by atoms with van der Waals surface area (Å²) in [7, 11) is -12.6. The van der Waals surface area contributed by atoms with Crippen LogP contribution in [0.4, 0.5) is 26.3 Å². The number of aliphatic hydroxyl groups excluding tert-OH is 3. The Balaban J connectivity index is 0.000000242. The molecule has 0 spiro atoms. The molecule has 9 rings (SSSR count). The van der Waals surface area contributed by atoms with Crippen LogP contribution < -0.4 is 47.3 Å². The van der Waals surface area contributed by atoms with Gasteiger partial charge in [0.25, 0.3) is 16.7 Å². The number of esters is 3. The molecule has 4 unspecified atom stereocenters. The third-order valence-corrected chi connectivity index (χ3v) is 25.7. The Kier molecular flexibility index (Phi) is 33.4. The quantitative estimate of drug-likeness (QED) is 0.00734. The van der Waals surface area contributed by atoms with Crippen molar-refractivity contribution < 1.29 is 125 Å². The van der Waals surface area contributed by atoms with Crippen LogP contribution >= 0.6 is 57.6 Å². The first kappa shape index (κ1) is 96.4. The predicted octanol–water partition coefficient (Wildman–Crippen LogP) is 9.44. The second kappa shape index (κ2) is 40.6. The number of carbonyl (C=O) groups is 3. The predicted molar refractivity (Wildman–Crippen MR) is 409 cm³/mol. The third-order valence-electron chi connectivity index (χ3n) is 17.7. The Morgan fingerprint density at radius 2 is 0.632 bits per heavy atom. The van der Waals surface area contributed by atoms with Crippen LogP contribution in [-0.4, -0.2) is 188 Å². The zero-order valence-electron chi connectivity index (χ0n) is 64.8. The van der Waals surface area contributed by atoms with Gasteiger partial charge in [-0.2, -0.15) is 13.2 Å². The van der Waals surface area contributed by atoms with E-state index in [-0.39, 0.29) is 17.2 Å². The fraction of sp³-hybridized carbons (Fsp3) is 0.542. The lowest BCUT2D eigenvalue weighted by Gasteiger charge is -2.29. The molecule has 0 bridgehead atoms. The number of nitrogens with zero attached hydrogens (tertiary/aromatic N) is 3. The smallest absolute Gasteiger partial charge is 0.380 e. The van der Waals surface area contributed by atoms with E-state index >= 15 is 0 Å². The average molecular weight is 1780 g/mol. The van der Waals surface area contributed by atoms with E-state index in [2.05, 4.69) is 0 Å². The summed E-state index contributed by atoms with van der Waals surface area (Å²) >= 11 is 19.0. The fourth-order valence-corrected chi connectivity index (χ4v) is 19.2. The van der Waals surface area contributed by atoms with E-state index in [4.69, 9.17) is 90.4 Å². The molecule has 648 valence electrons. The van der Waals surface area contributed by atoms with Gasteiger partial charge in [0.2, 0.25) is 17.5 Å². The summed E-state index contributed by atoms with van der Waals surface area (Å²) in [5.74, 6) is -8.38. The van der Waals surface area contributed by atoms with Gasteiger partial charge in [-0.1, -0.05) is 75.4 Å². The molecule has 3 aliphatic rings. The van der Waals surface area contributed by atoms with Gasteiger partial charge in [-0.05, 0) is 98.7 Å². The van der Waals surface area contributed by atoms with Crippen LogP contribution in [0, 0.1) is 35.2 Å². The number of carbonyl (C=O) groups excluding carboxylic acids is 3. The van der Waals surface area contributed by atoms with Crippen molar-refractivity contribution in [2.45, 2.75) is 190 Å². The number of halogens is 9. The monoisotopic (exact) mass is 1780 g/mol. The highest BCUT2D eigenvalue weighted by atomic mass is 35.5. The van der Waals surface area contributed by atoms with Gasteiger partial charge in [0.1, 0.15) is 88.5 Å². The van der Waals surface area contributed by atoms with Gasteiger partial charge in [0.15, 0.2) is 18.7 Å². The van der Waals surface area contributed by atoms with Crippen molar-refractivity contribution >= 4 is 75.5 Å². The normalized spacial score (nSPS) is 26.1. The van der Waals surface area contributed by atoms with Crippen molar-refractivity contribution in [2.75, 3.05) is 38.5 Å². The molecule has 3 aromatic carbocycles. The van der Waals surface area contributed by atoms with Crippen LogP contribution in [0.5, 0.6) is 17.2 Å². The van der Waals surface area contributed by atoms with E-state index in [0.29, 0.717) is 32.3 Å². The molecule has 6 N–H and O–H groups in total. The van der Waals surface area contributed by atoms with Crippen LogP contribution in [0.1, 0.15) is 102 Å². The van der Waals surface area contributed by atoms with Gasteiger partial charge >= 0.3 is 57.8 Å². The van der Waals surface area contributed by atoms with Crippen LogP contribution in [0.25, 0.3) is 0 Å². The van der Waals surface area contributed by atoms with Crippen molar-refractivity contribution in [3.8, 4) is 17.2 Å². The van der Waals surface area contributed by atoms with Crippen molar-refractivity contribution in [1.82, 2.24) is 28.7 Å². The van der Waals surface area contributed by atoms with Gasteiger partial charge in [0.05, 0.1) is 91.5 Å². The van der Waals surface area contributed by atoms with Crippen molar-refractivity contribution in [3.05, 3.63) is 190 Å². The molecule has 6 aromatic rings. The number of aliphatic hydroxyl groups is 3. The number of para-hydroxylation sites is 3. The summed E-state index contributed by atoms with van der Waals surface area (Å²) < 4.78 is 194. The Hall–Kier alpha value is -7.71. The molecule has 0 radical (unpaired) electrons. The van der Waals surface area contributed by atoms with Gasteiger partial charge < -0.3 is 57.3 Å². The maximum Gasteiger partial charge on any atom is 0.380 e. The minimum absolute atomic E-state index is 0.161. The highest BCUT2D eigenvalue weighted by molar-refractivity contribution is 7.55. The average Bonchev–Trinajstić information content (AvgIpc) is 1.61. The van der Waals surface area contributed by atoms with E-state index < -0.39 is 255 Å². The molecular formula is C72H90Cl3F6N6O27P3. The van der Waals surface area contributed by atoms with E-state index in [0.717, 1.165) is 0 Å². The number of nitrogens with one attached hydrogen (secondary N) is 3. The molecule has 3 fully saturated rings. The first-order valence-electron chi connectivity index (χ1n) is 36.1. The number of aromatic amines is 3. The topological polar surface area (TPSA) is 438 Å². The van der Waals surface area contributed by atoms with Gasteiger partial charge in [-0.15, -0.1) is 34.8 Å². The SMILES string of the molecule is CC(C)OC(=O)[C@H](C)CP(=O)(Oc1ccccc1)O[C@H](C)[C@H]1O[C@@H](n2cc(F)c(=O)[nH]c2=O)C(Cl)(CF)[C@H]1O.CC(C)OC(=O)[C@H](C)C[P@@](=O)(Oc1ccccc1)O[C@H](C)[C@H]1O[C@@H](n2cc(F)c(=O)[nH]c2=O)C(Cl)(CF)[C@H]1O.CC(C)OC(=O)[C@H](C)C[P@](=O)(Oc1ccccc1)O[C@H](C)[C@H]1O[C@@H](n2cc(F)c(=O)[nH]c2=O)C(Cl)(CF)[C@H]1O. The number of hydrogen-bond acceptors (Lipinski definition) is 27. The summed E-state index contributed by atoms with van der Waals surface area (Å²) in [6.45, 7) is 14.0. The highest BCUT2D eigenvalue weighted by Gasteiger charge is 2.62. The van der Waals surface area contributed by atoms with Crippen molar-refractivity contribution in [3.63, 3.8) is 0 Å². The largest absolute Gasteiger partial charge is 0.463 e. The summed E-state index contributed by atoms with van der Waals surface area (Å²) in [5, 5.41) is 32.8. The molecule has 0 amide bonds. The molecule has 0 aliphatic carbocycles. The van der Waals surface area contributed by atoms with Crippen molar-refractivity contribution in [2.24, 2.45) is 17.8 Å². The number of ether oxygens (including phenoxy) is 6. The lowest BCUT2D eigenvalue weighted by atomic mass is 9.97. The van der Waals surface area contributed by atoms with Gasteiger partial charge in [-0.3, -0.25) is 71.0 Å². The van der Waals surface area contributed by atoms with Crippen LogP contribution in [0.3, 0.4) is 0 Å². The fourth-order valence-electron chi connectivity index (χ4n) is 12.0. The first-order valence-corrected chi connectivity index (χ1v) is 42.4. The van der Waals surface area contributed by atoms with Gasteiger partial charge in [-0.25, -0.2) is 41.3 Å². The number of rotatable bonds is 33. The van der Waals surface area contributed by atoms with E-state index in [9.17, 15) is 98.5 Å². The maximum atomic E-state index is 14.2. The van der Waals surface area contributed by atoms with Crippen LogP contribution in [0.2, 0.25) is 0 Å². The molecule has 45 heteroatoms. The van der Waals surface area contributed by atoms with Crippen LogP contribution in [0.15, 0.2) is 138 Å². The molecule has 33 nitrogen and oxygen atoms in total. The lowest BCUT2D eigenvalue weighted by Crippen LogP contribution is -2.48. The van der Waals surface area contributed by atoms with E-state index in [1.807, 2.05) is 0 Å². The molecule has 3 saturated heterocycles. The maximum absolute atomic E-state index is 14.2. The number of aromatic nitrogens is 6. The van der Waals surface area contributed by atoms with E-state index in [1.54, 1.807) is 111 Å². The summed E-state index contributed by atoms with van der Waals surface area (Å²) in [6.07, 6.45) is -20.5. The molecule has 3 aromatic heterocycles. The van der Waals surface area contributed by atoms with Gasteiger partial charge in [0, 0.05) is 0 Å². The number of benzene rings is 3. The minimum atomic E-state index is -4.20. The Labute approximate surface area is 678 Å². The number of H-pyrrole nitrogens is 3. The molecule has 3 aliphatic heterocycles. The zero-order valence-corrected chi connectivity index (χ0v) is 69.7. The molecular weight excluding hydrogens is 1690 g/mol. The summed E-state index contributed by atoms with van der Waals surface area (Å²) in [6, 6.07) is 23.9. The number of alkyl halides is 6. The standard InChI is InChI=1S/3C24H30ClF2N2O9P/c3*1-13(2)35-21(32)14(3)11-39(34,38-16-8-6-5-7-9-16)37-15(4)18-19(30)24(25,12-26)22(36-18)29-10-17(27)20(31)28-23(29)33/h3*5-10,13-15,18-19,22,30H,11-12H2,1-4H3,(H,28,31,33)/t14-,15-,18-,19+,22-,24?,39?;14-,15-,18-,19+,22-,24?,39+;14-,15-,18-,19+,22-,24?,39-/m111/s1. The lowest BCUT2D eigenvalue weighted by molar-refractivity contribution is -0.152. The first-order chi connectivity index (χ1) is 54.6. The second-order valence-corrected chi connectivity index (χ2v) is 36.5. The Morgan fingerprint density at radius 1 is 0.419 bits per heavy atom. The Bertz CT molecular complexity index is 4450. The molecule has 0 saturated carbocycles. The number of hydrogen-bond donors (Lipinski definition) is 6. The zero-order chi connectivity index (χ0) is 87.4. The summed E-state index contributed by atoms with van der Waals surface area (Å²) in [4.78, 5) is 107. The second-order valence-electron chi connectivity index (χ2n) is 28.5. The highest BCUT2D eigenvalue weighted by Crippen LogP contribution is 2.57. The molecule has 117 heavy (non-hydrogen) atoms. The summed E-state index contributed by atoms with van der Waals surface area (Å²) in [5.41, 5.74) is -7.43.